The average Bonchev–Trinajstić information content (AvgIpc) is 2.48. The second kappa shape index (κ2) is 9.07. The molecule has 1 rings (SSSR count). The summed E-state index contributed by atoms with van der Waals surface area (Å²) in [5, 5.41) is 2.98. The third-order valence-corrected chi connectivity index (χ3v) is 2.91. The van der Waals surface area contributed by atoms with Crippen LogP contribution >= 0.6 is 0 Å². The molecule has 0 saturated carbocycles. The predicted octanol–water partition coefficient (Wildman–Crippen LogP) is 3.11. The molecule has 0 aliphatic carbocycles. The molecule has 1 aromatic carbocycles. The Kier molecular flexibility index (Phi) is 7.32. The molecular weight excluding hydrogens is 258 g/mol. The van der Waals surface area contributed by atoms with Gasteiger partial charge in [0.1, 0.15) is 5.75 Å². The third kappa shape index (κ3) is 6.31. The van der Waals surface area contributed by atoms with E-state index in [0.29, 0.717) is 19.4 Å². The molecule has 0 fully saturated rings. The van der Waals surface area contributed by atoms with E-state index in [1.165, 1.54) is 7.11 Å². The molecule has 1 aromatic rings. The van der Waals surface area contributed by atoms with Crippen LogP contribution in [0.3, 0.4) is 0 Å². The third-order valence-electron chi connectivity index (χ3n) is 2.91. The van der Waals surface area contributed by atoms with Crippen LogP contribution in [0.2, 0.25) is 0 Å². The van der Waals surface area contributed by atoms with Gasteiger partial charge in [-0.2, -0.15) is 4.91 Å². The van der Waals surface area contributed by atoms with Gasteiger partial charge in [-0.25, -0.2) is 0 Å². The summed E-state index contributed by atoms with van der Waals surface area (Å²) in [6.45, 7) is 2.36. The van der Waals surface area contributed by atoms with Crippen LogP contribution in [-0.2, 0) is 16.0 Å². The molecule has 1 unspecified atom stereocenters. The normalized spacial score (nSPS) is 11.7. The Hall–Kier alpha value is -1.91. The van der Waals surface area contributed by atoms with E-state index in [9.17, 15) is 9.70 Å². The predicted molar refractivity (Wildman–Crippen MR) is 76.8 cm³/mol. The van der Waals surface area contributed by atoms with Gasteiger partial charge in [0.2, 0.25) is 0 Å². The van der Waals surface area contributed by atoms with Crippen molar-refractivity contribution < 1.29 is 14.3 Å². The highest BCUT2D eigenvalue weighted by Gasteiger charge is 2.03. The molecular formula is C15H21NO4. The first-order valence-electron chi connectivity index (χ1n) is 6.76. The van der Waals surface area contributed by atoms with Gasteiger partial charge in [-0.3, -0.25) is 4.79 Å². The molecule has 0 N–H and O–H groups in total. The summed E-state index contributed by atoms with van der Waals surface area (Å²) in [5.74, 6) is 0.603. The molecule has 0 heterocycles. The molecule has 0 radical (unpaired) electrons. The molecule has 0 aromatic heterocycles. The first kappa shape index (κ1) is 16.1. The van der Waals surface area contributed by atoms with Crippen molar-refractivity contribution in [2.75, 3.05) is 13.7 Å². The quantitative estimate of drug-likeness (QED) is 0.396. The number of hydrogen-bond donors (Lipinski definition) is 0. The lowest BCUT2D eigenvalue weighted by Crippen LogP contribution is -2.03. The van der Waals surface area contributed by atoms with E-state index < -0.39 is 0 Å². The van der Waals surface area contributed by atoms with Gasteiger partial charge >= 0.3 is 5.97 Å². The molecule has 5 heteroatoms. The fourth-order valence-electron chi connectivity index (χ4n) is 1.76. The fourth-order valence-corrected chi connectivity index (χ4v) is 1.76. The second-order valence-electron chi connectivity index (χ2n) is 4.68. The van der Waals surface area contributed by atoms with Crippen LogP contribution in [0, 0.1) is 4.91 Å². The molecule has 0 aliphatic heterocycles. The monoisotopic (exact) mass is 279 g/mol. The summed E-state index contributed by atoms with van der Waals surface area (Å²) in [6.07, 6.45) is 2.63. The summed E-state index contributed by atoms with van der Waals surface area (Å²) in [7, 11) is 1.39. The van der Waals surface area contributed by atoms with Crippen LogP contribution in [0.4, 0.5) is 0 Å². The summed E-state index contributed by atoms with van der Waals surface area (Å²) in [4.78, 5) is 21.2. The Labute approximate surface area is 119 Å². The zero-order valence-corrected chi connectivity index (χ0v) is 12.0. The number of benzene rings is 1. The Balaban J connectivity index is 2.24. The minimum Gasteiger partial charge on any atom is -0.494 e. The van der Waals surface area contributed by atoms with Crippen LogP contribution in [0.25, 0.3) is 0 Å². The van der Waals surface area contributed by atoms with Gasteiger partial charge in [0, 0.05) is 6.42 Å². The number of carbonyl (C=O) groups excluding carboxylic acids is 1. The molecule has 0 bridgehead atoms. The Morgan fingerprint density at radius 3 is 2.55 bits per heavy atom. The summed E-state index contributed by atoms with van der Waals surface area (Å²) < 4.78 is 10.1. The maximum absolute atomic E-state index is 10.9. The fraction of sp³-hybridized carbons (Fsp3) is 0.533. The standard InChI is InChI=1S/C15H21NO4/c1-12(16-18)11-13-6-8-14(9-7-13)20-10-4-3-5-15(17)19-2/h6-9,12H,3-5,10-11H2,1-2H3. The van der Waals surface area contributed by atoms with E-state index in [2.05, 4.69) is 9.91 Å². The maximum atomic E-state index is 10.9. The first-order valence-corrected chi connectivity index (χ1v) is 6.76. The van der Waals surface area contributed by atoms with E-state index >= 15 is 0 Å². The number of rotatable bonds is 9. The molecule has 0 saturated heterocycles. The minimum atomic E-state index is -0.208. The summed E-state index contributed by atoms with van der Waals surface area (Å²) in [5.41, 5.74) is 1.06. The highest BCUT2D eigenvalue weighted by molar-refractivity contribution is 5.68. The average molecular weight is 279 g/mol. The Morgan fingerprint density at radius 2 is 1.95 bits per heavy atom. The number of methoxy groups -OCH3 is 1. The Bertz CT molecular complexity index is 416. The van der Waals surface area contributed by atoms with Gasteiger partial charge in [0.25, 0.3) is 0 Å². The topological polar surface area (TPSA) is 65.0 Å². The number of nitrogens with zero attached hydrogens (tertiary/aromatic N) is 1. The van der Waals surface area contributed by atoms with Crippen LogP contribution < -0.4 is 4.74 Å². The van der Waals surface area contributed by atoms with Crippen molar-refractivity contribution in [3.05, 3.63) is 34.7 Å². The summed E-state index contributed by atoms with van der Waals surface area (Å²) in [6, 6.07) is 7.43. The number of ether oxygens (including phenoxy) is 2. The van der Waals surface area contributed by atoms with Crippen LogP contribution in [0.1, 0.15) is 31.7 Å². The molecule has 0 spiro atoms. The van der Waals surface area contributed by atoms with Crippen molar-refractivity contribution >= 4 is 5.97 Å². The van der Waals surface area contributed by atoms with E-state index in [0.717, 1.165) is 24.2 Å². The smallest absolute Gasteiger partial charge is 0.305 e. The minimum absolute atomic E-state index is 0.188. The van der Waals surface area contributed by atoms with Gasteiger partial charge in [0.05, 0.1) is 19.8 Å². The first-order chi connectivity index (χ1) is 9.65. The van der Waals surface area contributed by atoms with Gasteiger partial charge < -0.3 is 9.47 Å². The summed E-state index contributed by atoms with van der Waals surface area (Å²) >= 11 is 0. The van der Waals surface area contributed by atoms with E-state index in [1.54, 1.807) is 6.92 Å². The molecule has 20 heavy (non-hydrogen) atoms. The van der Waals surface area contributed by atoms with Crippen molar-refractivity contribution in [3.8, 4) is 5.75 Å². The zero-order valence-electron chi connectivity index (χ0n) is 12.0. The maximum Gasteiger partial charge on any atom is 0.305 e. The second-order valence-corrected chi connectivity index (χ2v) is 4.68. The SMILES string of the molecule is COC(=O)CCCCOc1ccc(CC(C)N=O)cc1. The molecule has 5 nitrogen and oxygen atoms in total. The zero-order chi connectivity index (χ0) is 14.8. The van der Waals surface area contributed by atoms with E-state index in [-0.39, 0.29) is 12.0 Å². The lowest BCUT2D eigenvalue weighted by atomic mass is 10.1. The number of carbonyl (C=O) groups is 1. The lowest BCUT2D eigenvalue weighted by Gasteiger charge is -2.07. The highest BCUT2D eigenvalue weighted by Crippen LogP contribution is 2.14. The van der Waals surface area contributed by atoms with Crippen molar-refractivity contribution in [1.29, 1.82) is 0 Å². The van der Waals surface area contributed by atoms with Crippen LogP contribution in [0.5, 0.6) is 5.75 Å². The molecule has 0 amide bonds. The molecule has 110 valence electrons. The van der Waals surface area contributed by atoms with Crippen molar-refractivity contribution in [2.24, 2.45) is 5.18 Å². The van der Waals surface area contributed by atoms with Crippen molar-refractivity contribution in [1.82, 2.24) is 0 Å². The molecule has 0 aliphatic rings. The van der Waals surface area contributed by atoms with Crippen LogP contribution in [0.15, 0.2) is 29.4 Å². The van der Waals surface area contributed by atoms with Gasteiger partial charge in [0.15, 0.2) is 0 Å². The van der Waals surface area contributed by atoms with Gasteiger partial charge in [-0.1, -0.05) is 17.3 Å². The van der Waals surface area contributed by atoms with Gasteiger partial charge in [-0.15, -0.1) is 0 Å². The van der Waals surface area contributed by atoms with E-state index in [1.807, 2.05) is 24.3 Å². The van der Waals surface area contributed by atoms with Gasteiger partial charge in [-0.05, 0) is 43.9 Å². The number of esters is 1. The van der Waals surface area contributed by atoms with Crippen molar-refractivity contribution in [3.63, 3.8) is 0 Å². The molecule has 1 atom stereocenters. The number of hydrogen-bond acceptors (Lipinski definition) is 5. The Morgan fingerprint density at radius 1 is 1.25 bits per heavy atom. The largest absolute Gasteiger partial charge is 0.494 e. The van der Waals surface area contributed by atoms with Crippen molar-refractivity contribution in [2.45, 2.75) is 38.6 Å². The number of unbranched alkanes of at least 4 members (excludes halogenated alkanes) is 1. The highest BCUT2D eigenvalue weighted by atomic mass is 16.5. The number of nitroso groups, excluding NO2 is 1. The lowest BCUT2D eigenvalue weighted by molar-refractivity contribution is -0.140. The van der Waals surface area contributed by atoms with E-state index in [4.69, 9.17) is 4.74 Å². The van der Waals surface area contributed by atoms with Crippen LogP contribution in [-0.4, -0.2) is 25.7 Å².